The van der Waals surface area contributed by atoms with Gasteiger partial charge in [0, 0.05) is 11.6 Å². The Hall–Kier alpha value is -1.64. The number of rotatable bonds is 1. The first-order valence-corrected chi connectivity index (χ1v) is 3.66. The quantitative estimate of drug-likeness (QED) is 0.674. The van der Waals surface area contributed by atoms with Crippen molar-refractivity contribution in [3.8, 4) is 11.5 Å². The molecule has 3 heteroatoms. The van der Waals surface area contributed by atoms with Crippen molar-refractivity contribution >= 4 is 10.9 Å². The number of H-pyrrole nitrogens is 1. The molecule has 1 heterocycles. The Balaban J connectivity index is 2.80. The molecule has 0 bridgehead atoms. The number of aromatic hydroxyl groups is 1. The number of aromatic amines is 1. The summed E-state index contributed by atoms with van der Waals surface area (Å²) >= 11 is 0. The van der Waals surface area contributed by atoms with Gasteiger partial charge in [-0.2, -0.15) is 0 Å². The minimum atomic E-state index is 0.246. The molecule has 0 fully saturated rings. The molecule has 0 aliphatic carbocycles. The second kappa shape index (κ2) is 2.44. The first kappa shape index (κ1) is 7.03. The summed E-state index contributed by atoms with van der Waals surface area (Å²) in [5, 5.41) is 10.3. The number of para-hydroxylation sites is 1. The molecule has 0 aliphatic rings. The van der Waals surface area contributed by atoms with Crippen LogP contribution in [-0.4, -0.2) is 17.2 Å². The van der Waals surface area contributed by atoms with Gasteiger partial charge >= 0.3 is 0 Å². The largest absolute Gasteiger partial charge is 0.506 e. The molecule has 0 atom stereocenters. The first-order valence-electron chi connectivity index (χ1n) is 3.66. The monoisotopic (exact) mass is 163 g/mol. The fraction of sp³-hybridized carbons (Fsp3) is 0.111. The normalized spacial score (nSPS) is 10.4. The fourth-order valence-electron chi connectivity index (χ4n) is 1.28. The molecule has 3 nitrogen and oxygen atoms in total. The molecule has 0 saturated heterocycles. The summed E-state index contributed by atoms with van der Waals surface area (Å²) in [4.78, 5) is 2.93. The van der Waals surface area contributed by atoms with Crippen LogP contribution in [0, 0.1) is 0 Å². The van der Waals surface area contributed by atoms with Crippen LogP contribution in [0.15, 0.2) is 24.4 Å². The summed E-state index contributed by atoms with van der Waals surface area (Å²) in [6.45, 7) is 0. The smallest absolute Gasteiger partial charge is 0.144 e. The summed E-state index contributed by atoms with van der Waals surface area (Å²) in [5.41, 5.74) is 0.717. The van der Waals surface area contributed by atoms with Crippen molar-refractivity contribution in [2.75, 3.05) is 7.11 Å². The maximum absolute atomic E-state index is 9.39. The molecular formula is C9H9NO2. The third kappa shape index (κ3) is 0.830. The van der Waals surface area contributed by atoms with Gasteiger partial charge in [-0.3, -0.25) is 0 Å². The van der Waals surface area contributed by atoms with Crippen molar-refractivity contribution in [3.63, 3.8) is 0 Å². The van der Waals surface area contributed by atoms with Gasteiger partial charge < -0.3 is 14.8 Å². The van der Waals surface area contributed by atoms with E-state index in [4.69, 9.17) is 4.74 Å². The van der Waals surface area contributed by atoms with Gasteiger partial charge in [0.1, 0.15) is 11.5 Å². The molecule has 0 amide bonds. The maximum atomic E-state index is 9.39. The summed E-state index contributed by atoms with van der Waals surface area (Å²) in [6, 6.07) is 5.32. The minimum Gasteiger partial charge on any atom is -0.506 e. The number of ether oxygens (including phenoxy) is 1. The van der Waals surface area contributed by atoms with E-state index in [2.05, 4.69) is 4.98 Å². The predicted molar refractivity (Wildman–Crippen MR) is 46.5 cm³/mol. The third-order valence-electron chi connectivity index (χ3n) is 1.88. The molecule has 2 aromatic rings. The minimum absolute atomic E-state index is 0.246. The van der Waals surface area contributed by atoms with Crippen molar-refractivity contribution < 1.29 is 9.84 Å². The molecule has 0 radical (unpaired) electrons. The van der Waals surface area contributed by atoms with E-state index in [9.17, 15) is 5.11 Å². The number of phenolic OH excluding ortho intramolecular Hbond substituents is 1. The fourth-order valence-corrected chi connectivity index (χ4v) is 1.28. The molecule has 1 aromatic carbocycles. The Morgan fingerprint density at radius 2 is 2.25 bits per heavy atom. The van der Waals surface area contributed by atoms with E-state index in [1.807, 2.05) is 6.07 Å². The van der Waals surface area contributed by atoms with Gasteiger partial charge in [0.25, 0.3) is 0 Å². The predicted octanol–water partition coefficient (Wildman–Crippen LogP) is 1.88. The molecule has 62 valence electrons. The lowest BCUT2D eigenvalue weighted by molar-refractivity contribution is 0.419. The molecule has 2 N–H and O–H groups in total. The highest BCUT2D eigenvalue weighted by molar-refractivity contribution is 5.90. The molecule has 0 spiro atoms. The number of phenols is 1. The SMILES string of the molecule is COc1c[nH]c2c(O)cccc12. The Bertz CT molecular complexity index is 406. The molecule has 0 aliphatic heterocycles. The van der Waals surface area contributed by atoms with Crippen LogP contribution < -0.4 is 4.74 Å². The molecule has 1 aromatic heterocycles. The lowest BCUT2D eigenvalue weighted by atomic mass is 10.2. The lowest BCUT2D eigenvalue weighted by Crippen LogP contribution is -1.78. The second-order valence-electron chi connectivity index (χ2n) is 2.56. The van der Waals surface area contributed by atoms with Crippen LogP contribution >= 0.6 is 0 Å². The second-order valence-corrected chi connectivity index (χ2v) is 2.56. The van der Waals surface area contributed by atoms with E-state index < -0.39 is 0 Å². The van der Waals surface area contributed by atoms with Gasteiger partial charge in [-0.05, 0) is 12.1 Å². The number of nitrogens with one attached hydrogen (secondary N) is 1. The first-order chi connectivity index (χ1) is 5.83. The Morgan fingerprint density at radius 3 is 3.00 bits per heavy atom. The summed E-state index contributed by atoms with van der Waals surface area (Å²) in [5.74, 6) is 0.997. The molecule has 12 heavy (non-hydrogen) atoms. The summed E-state index contributed by atoms with van der Waals surface area (Å²) < 4.78 is 5.08. The van der Waals surface area contributed by atoms with Gasteiger partial charge in [0.15, 0.2) is 0 Å². The molecule has 0 unspecified atom stereocenters. The average Bonchev–Trinajstić information content (AvgIpc) is 2.49. The van der Waals surface area contributed by atoms with Crippen LogP contribution in [-0.2, 0) is 0 Å². The van der Waals surface area contributed by atoms with Crippen molar-refractivity contribution in [2.24, 2.45) is 0 Å². The van der Waals surface area contributed by atoms with Gasteiger partial charge in [-0.25, -0.2) is 0 Å². The Labute approximate surface area is 69.6 Å². The Morgan fingerprint density at radius 1 is 1.42 bits per heavy atom. The zero-order valence-electron chi connectivity index (χ0n) is 6.66. The van der Waals surface area contributed by atoms with Crippen LogP contribution in [0.2, 0.25) is 0 Å². The van der Waals surface area contributed by atoms with Gasteiger partial charge in [-0.1, -0.05) is 6.07 Å². The zero-order valence-corrected chi connectivity index (χ0v) is 6.66. The number of fused-ring (bicyclic) bond motifs is 1. The number of aromatic nitrogens is 1. The molecule has 0 saturated carbocycles. The van der Waals surface area contributed by atoms with Crippen molar-refractivity contribution in [1.82, 2.24) is 4.98 Å². The van der Waals surface area contributed by atoms with Gasteiger partial charge in [0.05, 0.1) is 12.6 Å². The van der Waals surface area contributed by atoms with E-state index in [0.717, 1.165) is 11.1 Å². The van der Waals surface area contributed by atoms with Crippen molar-refractivity contribution in [1.29, 1.82) is 0 Å². The number of methoxy groups -OCH3 is 1. The zero-order chi connectivity index (χ0) is 8.55. The number of hydrogen-bond acceptors (Lipinski definition) is 2. The van der Waals surface area contributed by atoms with Crippen molar-refractivity contribution in [3.05, 3.63) is 24.4 Å². The van der Waals surface area contributed by atoms with Crippen LogP contribution in [0.3, 0.4) is 0 Å². The van der Waals surface area contributed by atoms with E-state index in [-0.39, 0.29) is 5.75 Å². The van der Waals surface area contributed by atoms with E-state index >= 15 is 0 Å². The highest BCUT2D eigenvalue weighted by Crippen LogP contribution is 2.30. The van der Waals surface area contributed by atoms with Gasteiger partial charge in [0.2, 0.25) is 0 Å². The lowest BCUT2D eigenvalue weighted by Gasteiger charge is -1.96. The third-order valence-corrected chi connectivity index (χ3v) is 1.88. The van der Waals surface area contributed by atoms with Crippen LogP contribution in [0.5, 0.6) is 11.5 Å². The summed E-state index contributed by atoms with van der Waals surface area (Å²) in [7, 11) is 1.60. The van der Waals surface area contributed by atoms with E-state index in [1.54, 1.807) is 25.4 Å². The van der Waals surface area contributed by atoms with E-state index in [0.29, 0.717) is 5.52 Å². The van der Waals surface area contributed by atoms with Crippen molar-refractivity contribution in [2.45, 2.75) is 0 Å². The van der Waals surface area contributed by atoms with Crippen LogP contribution in [0.25, 0.3) is 10.9 Å². The molecule has 2 rings (SSSR count). The average molecular weight is 163 g/mol. The number of benzene rings is 1. The standard InChI is InChI=1S/C9H9NO2/c1-12-8-5-10-9-6(8)3-2-4-7(9)11/h2-5,10-11H,1H3. The van der Waals surface area contributed by atoms with Crippen LogP contribution in [0.1, 0.15) is 0 Å². The van der Waals surface area contributed by atoms with Crippen LogP contribution in [0.4, 0.5) is 0 Å². The highest BCUT2D eigenvalue weighted by Gasteiger charge is 2.05. The highest BCUT2D eigenvalue weighted by atomic mass is 16.5. The maximum Gasteiger partial charge on any atom is 0.144 e. The topological polar surface area (TPSA) is 45.2 Å². The van der Waals surface area contributed by atoms with Gasteiger partial charge in [-0.15, -0.1) is 0 Å². The number of hydrogen-bond donors (Lipinski definition) is 2. The Kier molecular flexibility index (Phi) is 1.43. The summed E-state index contributed by atoms with van der Waals surface area (Å²) in [6.07, 6.45) is 1.73. The molecular weight excluding hydrogens is 154 g/mol. The van der Waals surface area contributed by atoms with E-state index in [1.165, 1.54) is 0 Å².